The van der Waals surface area contributed by atoms with Gasteiger partial charge in [-0.1, -0.05) is 0 Å². The van der Waals surface area contributed by atoms with Gasteiger partial charge in [0.2, 0.25) is 11.8 Å². The minimum absolute atomic E-state index is 0.242. The molecule has 0 saturated heterocycles. The number of hydrogen-bond donors (Lipinski definition) is 2. The quantitative estimate of drug-likeness (QED) is 0.855. The van der Waals surface area contributed by atoms with Crippen LogP contribution in [0.25, 0.3) is 0 Å². The van der Waals surface area contributed by atoms with E-state index in [0.29, 0.717) is 17.7 Å². The van der Waals surface area contributed by atoms with Crippen LogP contribution in [0, 0.1) is 23.2 Å². The Hall–Kier alpha value is -3.34. The Morgan fingerprint density at radius 2 is 1.33 bits per heavy atom. The molecular formula is C19H14F3N3O2. The summed E-state index contributed by atoms with van der Waals surface area (Å²) in [6.07, 6.45) is -4.07. The third kappa shape index (κ3) is 4.44. The number of carbonyl (C=O) groups is 2. The maximum atomic E-state index is 12.5. The van der Waals surface area contributed by atoms with E-state index >= 15 is 0 Å². The zero-order chi connectivity index (χ0) is 19.6. The molecule has 138 valence electrons. The zero-order valence-electron chi connectivity index (χ0n) is 13.9. The monoisotopic (exact) mass is 373 g/mol. The molecule has 2 aromatic carbocycles. The first-order chi connectivity index (χ1) is 12.8. The van der Waals surface area contributed by atoms with Crippen molar-refractivity contribution in [3.63, 3.8) is 0 Å². The van der Waals surface area contributed by atoms with Gasteiger partial charge in [-0.25, -0.2) is 0 Å². The van der Waals surface area contributed by atoms with E-state index in [2.05, 4.69) is 10.6 Å². The van der Waals surface area contributed by atoms with E-state index in [1.807, 2.05) is 6.07 Å². The predicted molar refractivity (Wildman–Crippen MR) is 91.5 cm³/mol. The van der Waals surface area contributed by atoms with Gasteiger partial charge in [-0.3, -0.25) is 9.59 Å². The summed E-state index contributed by atoms with van der Waals surface area (Å²) >= 11 is 0. The van der Waals surface area contributed by atoms with E-state index in [4.69, 9.17) is 5.26 Å². The lowest BCUT2D eigenvalue weighted by molar-refractivity contribution is -0.137. The average Bonchev–Trinajstić information content (AvgIpc) is 3.43. The lowest BCUT2D eigenvalue weighted by Crippen LogP contribution is -2.20. The molecule has 0 aromatic heterocycles. The van der Waals surface area contributed by atoms with Gasteiger partial charge < -0.3 is 10.6 Å². The number of benzene rings is 2. The Morgan fingerprint density at radius 1 is 0.889 bits per heavy atom. The number of nitriles is 1. The zero-order valence-corrected chi connectivity index (χ0v) is 13.9. The first-order valence-corrected chi connectivity index (χ1v) is 8.07. The fraction of sp³-hybridized carbons (Fsp3) is 0.211. The predicted octanol–water partition coefficient (Wildman–Crippen LogP) is 3.79. The third-order valence-corrected chi connectivity index (χ3v) is 4.23. The molecule has 2 N–H and O–H groups in total. The lowest BCUT2D eigenvalue weighted by Gasteiger charge is -2.09. The first kappa shape index (κ1) is 18.5. The summed E-state index contributed by atoms with van der Waals surface area (Å²) in [5.41, 5.74) is 0.429. The highest BCUT2D eigenvalue weighted by Crippen LogP contribution is 2.40. The van der Waals surface area contributed by atoms with Gasteiger partial charge in [0.1, 0.15) is 0 Å². The Bertz CT molecular complexity index is 900. The summed E-state index contributed by atoms with van der Waals surface area (Å²) in [6.45, 7) is 0. The number of amides is 2. The molecular weight excluding hydrogens is 359 g/mol. The van der Waals surface area contributed by atoms with Crippen molar-refractivity contribution in [3.8, 4) is 6.07 Å². The minimum Gasteiger partial charge on any atom is -0.326 e. The van der Waals surface area contributed by atoms with Gasteiger partial charge in [-0.15, -0.1) is 0 Å². The SMILES string of the molecule is N#Cc1ccc(NC(=O)C2CC2C(=O)Nc2ccc(C(F)(F)F)cc2)cc1. The van der Waals surface area contributed by atoms with E-state index in [-0.39, 0.29) is 11.6 Å². The smallest absolute Gasteiger partial charge is 0.326 e. The van der Waals surface area contributed by atoms with Crippen LogP contribution >= 0.6 is 0 Å². The van der Waals surface area contributed by atoms with Crippen LogP contribution in [0.1, 0.15) is 17.5 Å². The Kier molecular flexibility index (Phi) is 4.86. The van der Waals surface area contributed by atoms with Crippen molar-refractivity contribution in [2.24, 2.45) is 11.8 Å². The van der Waals surface area contributed by atoms with E-state index in [1.54, 1.807) is 24.3 Å². The largest absolute Gasteiger partial charge is 0.416 e. The number of rotatable bonds is 4. The van der Waals surface area contributed by atoms with Crippen LogP contribution in [0.3, 0.4) is 0 Å². The lowest BCUT2D eigenvalue weighted by atomic mass is 10.2. The van der Waals surface area contributed by atoms with Crippen LogP contribution in [-0.4, -0.2) is 11.8 Å². The van der Waals surface area contributed by atoms with Gasteiger partial charge in [0, 0.05) is 11.4 Å². The topological polar surface area (TPSA) is 82.0 Å². The number of halogens is 3. The van der Waals surface area contributed by atoms with Gasteiger partial charge in [0.05, 0.1) is 29.0 Å². The molecule has 5 nitrogen and oxygen atoms in total. The van der Waals surface area contributed by atoms with Crippen molar-refractivity contribution < 1.29 is 22.8 Å². The molecule has 0 bridgehead atoms. The molecule has 2 atom stereocenters. The van der Waals surface area contributed by atoms with Crippen molar-refractivity contribution in [1.29, 1.82) is 5.26 Å². The molecule has 27 heavy (non-hydrogen) atoms. The molecule has 0 heterocycles. The fourth-order valence-corrected chi connectivity index (χ4v) is 2.62. The molecule has 8 heteroatoms. The van der Waals surface area contributed by atoms with Crippen LogP contribution in [0.2, 0.25) is 0 Å². The maximum absolute atomic E-state index is 12.5. The summed E-state index contributed by atoms with van der Waals surface area (Å²) < 4.78 is 37.6. The second kappa shape index (κ2) is 7.11. The fourth-order valence-electron chi connectivity index (χ4n) is 2.62. The summed E-state index contributed by atoms with van der Waals surface area (Å²) in [6, 6.07) is 12.4. The van der Waals surface area contributed by atoms with Gasteiger partial charge in [-0.05, 0) is 55.0 Å². The molecule has 1 fully saturated rings. The van der Waals surface area contributed by atoms with Crippen LogP contribution in [0.4, 0.5) is 24.5 Å². The van der Waals surface area contributed by atoms with E-state index in [0.717, 1.165) is 12.1 Å². The van der Waals surface area contributed by atoms with Crippen molar-refractivity contribution in [2.75, 3.05) is 10.6 Å². The Morgan fingerprint density at radius 3 is 1.74 bits per heavy atom. The standard InChI is InChI=1S/C19H14F3N3O2/c20-19(21,22)12-3-7-14(8-4-12)25-18(27)16-9-15(16)17(26)24-13-5-1-11(10-23)2-6-13/h1-8,15-16H,9H2,(H,24,26)(H,25,27). The second-order valence-electron chi connectivity index (χ2n) is 6.19. The summed E-state index contributed by atoms with van der Waals surface area (Å²) in [5.74, 6) is -1.73. The van der Waals surface area contributed by atoms with Crippen LogP contribution in [-0.2, 0) is 15.8 Å². The van der Waals surface area contributed by atoms with Crippen molar-refractivity contribution in [1.82, 2.24) is 0 Å². The number of alkyl halides is 3. The Labute approximate surface area is 152 Å². The summed E-state index contributed by atoms with van der Waals surface area (Å²) in [4.78, 5) is 24.3. The number of hydrogen-bond acceptors (Lipinski definition) is 3. The first-order valence-electron chi connectivity index (χ1n) is 8.07. The molecule has 0 radical (unpaired) electrons. The number of carbonyl (C=O) groups excluding carboxylic acids is 2. The van der Waals surface area contributed by atoms with Crippen LogP contribution in [0.5, 0.6) is 0 Å². The van der Waals surface area contributed by atoms with Gasteiger partial charge in [0.25, 0.3) is 0 Å². The highest BCUT2D eigenvalue weighted by Gasteiger charge is 2.48. The molecule has 2 unspecified atom stereocenters. The van der Waals surface area contributed by atoms with E-state index in [1.165, 1.54) is 12.1 Å². The molecule has 0 aliphatic heterocycles. The normalized spacial score (nSPS) is 18.3. The summed E-state index contributed by atoms with van der Waals surface area (Å²) in [5, 5.41) is 13.9. The molecule has 3 rings (SSSR count). The van der Waals surface area contributed by atoms with Crippen molar-refractivity contribution in [3.05, 3.63) is 59.7 Å². The number of nitrogens with zero attached hydrogens (tertiary/aromatic N) is 1. The van der Waals surface area contributed by atoms with Gasteiger partial charge in [-0.2, -0.15) is 18.4 Å². The number of nitrogens with one attached hydrogen (secondary N) is 2. The molecule has 1 aliphatic rings. The second-order valence-corrected chi connectivity index (χ2v) is 6.19. The average molecular weight is 373 g/mol. The van der Waals surface area contributed by atoms with E-state index < -0.39 is 29.5 Å². The molecule has 2 amide bonds. The molecule has 2 aromatic rings. The van der Waals surface area contributed by atoms with Crippen molar-refractivity contribution >= 4 is 23.2 Å². The maximum Gasteiger partial charge on any atom is 0.416 e. The van der Waals surface area contributed by atoms with Gasteiger partial charge in [0.15, 0.2) is 0 Å². The highest BCUT2D eigenvalue weighted by molar-refractivity contribution is 6.03. The molecule has 0 spiro atoms. The third-order valence-electron chi connectivity index (χ3n) is 4.23. The summed E-state index contributed by atoms with van der Waals surface area (Å²) in [7, 11) is 0. The minimum atomic E-state index is -4.44. The Balaban J connectivity index is 1.53. The van der Waals surface area contributed by atoms with Gasteiger partial charge >= 0.3 is 6.18 Å². The molecule has 1 saturated carbocycles. The van der Waals surface area contributed by atoms with Crippen LogP contribution in [0.15, 0.2) is 48.5 Å². The highest BCUT2D eigenvalue weighted by atomic mass is 19.4. The van der Waals surface area contributed by atoms with Crippen molar-refractivity contribution in [2.45, 2.75) is 12.6 Å². The van der Waals surface area contributed by atoms with E-state index in [9.17, 15) is 22.8 Å². The molecule has 1 aliphatic carbocycles. The number of anilines is 2. The van der Waals surface area contributed by atoms with Crippen LogP contribution < -0.4 is 10.6 Å².